The molecule has 0 spiro atoms. The minimum atomic E-state index is -1.99. The molecule has 29 heavy (non-hydrogen) atoms. The van der Waals surface area contributed by atoms with Crippen molar-refractivity contribution in [1.82, 2.24) is 0 Å². The van der Waals surface area contributed by atoms with Gasteiger partial charge in [0, 0.05) is 11.4 Å². The number of benzene rings is 2. The Bertz CT molecular complexity index is 1120. The summed E-state index contributed by atoms with van der Waals surface area (Å²) in [5, 5.41) is 39.4. The zero-order chi connectivity index (χ0) is 20.9. The molecule has 1 N–H and O–H groups in total. The van der Waals surface area contributed by atoms with E-state index in [-0.39, 0.29) is 0 Å². The molecule has 4 unspecified atom stereocenters. The van der Waals surface area contributed by atoms with Gasteiger partial charge in [0.1, 0.15) is 6.10 Å². The van der Waals surface area contributed by atoms with Gasteiger partial charge in [-0.2, -0.15) is 15.8 Å². The van der Waals surface area contributed by atoms with Crippen LogP contribution in [0.2, 0.25) is 0 Å². The Morgan fingerprint density at radius 1 is 0.966 bits per heavy atom. The zero-order valence-electron chi connectivity index (χ0n) is 15.4. The molecule has 2 bridgehead atoms. The van der Waals surface area contributed by atoms with Gasteiger partial charge in [0.2, 0.25) is 17.1 Å². The molecule has 142 valence electrons. The first-order valence-electron chi connectivity index (χ1n) is 8.88. The van der Waals surface area contributed by atoms with Gasteiger partial charge in [0.05, 0.1) is 24.1 Å². The molecule has 2 aromatic rings. The van der Waals surface area contributed by atoms with Crippen molar-refractivity contribution in [3.63, 3.8) is 0 Å². The maximum Gasteiger partial charge on any atom is 0.218 e. The normalized spacial score (nSPS) is 31.8. The highest BCUT2D eigenvalue weighted by Crippen LogP contribution is 2.69. The number of hydrogen-bond donors (Lipinski definition) is 1. The molecule has 2 heterocycles. The number of rotatable bonds is 2. The lowest BCUT2D eigenvalue weighted by Crippen LogP contribution is -2.57. The van der Waals surface area contributed by atoms with E-state index in [0.717, 1.165) is 4.47 Å². The highest BCUT2D eigenvalue weighted by Gasteiger charge is 2.79. The Morgan fingerprint density at radius 2 is 1.62 bits per heavy atom. The van der Waals surface area contributed by atoms with Gasteiger partial charge in [-0.1, -0.05) is 58.4 Å². The summed E-state index contributed by atoms with van der Waals surface area (Å²) in [5.74, 6) is -2.63. The summed E-state index contributed by atoms with van der Waals surface area (Å²) in [6.07, 6.45) is -1.08. The van der Waals surface area contributed by atoms with Crippen molar-refractivity contribution in [2.24, 2.45) is 10.8 Å². The summed E-state index contributed by atoms with van der Waals surface area (Å²) < 4.78 is 12.8. The van der Waals surface area contributed by atoms with E-state index < -0.39 is 34.5 Å². The van der Waals surface area contributed by atoms with Crippen LogP contribution >= 0.6 is 15.9 Å². The minimum Gasteiger partial charge on any atom is -0.447 e. The molecule has 7 heteroatoms. The highest BCUT2D eigenvalue weighted by molar-refractivity contribution is 9.10. The van der Waals surface area contributed by atoms with E-state index >= 15 is 0 Å². The lowest BCUT2D eigenvalue weighted by molar-refractivity contribution is -0.253. The van der Waals surface area contributed by atoms with Gasteiger partial charge in [-0.25, -0.2) is 0 Å². The third kappa shape index (κ3) is 2.31. The fourth-order valence-electron chi connectivity index (χ4n) is 4.60. The second-order valence-electron chi connectivity index (χ2n) is 7.30. The van der Waals surface area contributed by atoms with Crippen LogP contribution < -0.4 is 0 Å². The lowest BCUT2D eigenvalue weighted by Gasteiger charge is -2.48. The second-order valence-corrected chi connectivity index (χ2v) is 8.21. The molecular formula is C22H15BrN4O2. The molecule has 4 rings (SSSR count). The maximum absolute atomic E-state index is 10.4. The lowest BCUT2D eigenvalue weighted by atomic mass is 9.52. The summed E-state index contributed by atoms with van der Waals surface area (Å²) in [4.78, 5) is 0. The van der Waals surface area contributed by atoms with Crippen LogP contribution in [0.5, 0.6) is 0 Å². The number of nitrogens with zero attached hydrogens (tertiary/aromatic N) is 3. The van der Waals surface area contributed by atoms with E-state index in [1.54, 1.807) is 49.4 Å². The summed E-state index contributed by atoms with van der Waals surface area (Å²) in [5.41, 5.74) is -2.60. The molecular weight excluding hydrogens is 432 g/mol. The molecule has 0 aliphatic carbocycles. The number of halogens is 1. The standard InChI is InChI=1S/C22H15BrN4O2/c1-20-17(14-6-3-2-4-7-14)22(13-26,19(27)29-20)21(11-24,12-25)18(28-20)15-8-5-9-16(23)10-15/h2-10,17-18,27H,1H3. The van der Waals surface area contributed by atoms with Crippen LogP contribution in [0.15, 0.2) is 59.1 Å². The van der Waals surface area contributed by atoms with Crippen LogP contribution in [0.1, 0.15) is 30.1 Å². The van der Waals surface area contributed by atoms with Crippen LogP contribution in [0, 0.1) is 50.2 Å². The van der Waals surface area contributed by atoms with Crippen LogP contribution in [-0.2, 0) is 9.47 Å². The molecule has 6 nitrogen and oxygen atoms in total. The molecule has 2 fully saturated rings. The number of nitrogens with one attached hydrogen (secondary N) is 1. The van der Waals surface area contributed by atoms with Gasteiger partial charge >= 0.3 is 0 Å². The van der Waals surface area contributed by atoms with Crippen molar-refractivity contribution in [3.05, 3.63) is 70.2 Å². The number of nitriles is 3. The molecule has 0 aromatic heterocycles. The highest BCUT2D eigenvalue weighted by atomic mass is 79.9. The smallest absolute Gasteiger partial charge is 0.218 e. The van der Waals surface area contributed by atoms with E-state index in [9.17, 15) is 15.8 Å². The first-order chi connectivity index (χ1) is 13.9. The van der Waals surface area contributed by atoms with E-state index in [1.807, 2.05) is 12.1 Å². The molecule has 2 aliphatic rings. The average Bonchev–Trinajstić information content (AvgIpc) is 2.91. The molecule has 0 amide bonds. The van der Waals surface area contributed by atoms with E-state index in [1.165, 1.54) is 0 Å². The molecule has 2 aliphatic heterocycles. The van der Waals surface area contributed by atoms with Crippen molar-refractivity contribution in [2.45, 2.75) is 24.7 Å². The summed E-state index contributed by atoms with van der Waals surface area (Å²) in [6.45, 7) is 1.65. The van der Waals surface area contributed by atoms with Crippen molar-refractivity contribution < 1.29 is 9.47 Å². The number of fused-ring (bicyclic) bond motifs is 2. The Morgan fingerprint density at radius 3 is 2.21 bits per heavy atom. The number of hydrogen-bond acceptors (Lipinski definition) is 6. The maximum atomic E-state index is 10.4. The van der Waals surface area contributed by atoms with Crippen molar-refractivity contribution in [1.29, 1.82) is 21.2 Å². The topological polar surface area (TPSA) is 114 Å². The van der Waals surface area contributed by atoms with Gasteiger partial charge in [-0.3, -0.25) is 5.41 Å². The Hall–Kier alpha value is -3.18. The van der Waals surface area contributed by atoms with Gasteiger partial charge < -0.3 is 9.47 Å². The van der Waals surface area contributed by atoms with Crippen LogP contribution in [0.25, 0.3) is 0 Å². The predicted octanol–water partition coefficient (Wildman–Crippen LogP) is 4.57. The van der Waals surface area contributed by atoms with Gasteiger partial charge in [-0.05, 0) is 23.3 Å². The van der Waals surface area contributed by atoms with E-state index in [0.29, 0.717) is 11.1 Å². The van der Waals surface area contributed by atoms with Gasteiger partial charge in [0.25, 0.3) is 0 Å². The Balaban J connectivity index is 2.05. The largest absolute Gasteiger partial charge is 0.447 e. The minimum absolute atomic E-state index is 0.419. The quantitative estimate of drug-likeness (QED) is 0.725. The SMILES string of the molecule is CC12OC(=N)C(C#N)(C1c1ccccc1)C(C#N)(C#N)C(c1cccc(Br)c1)O2. The summed E-state index contributed by atoms with van der Waals surface area (Å²) >= 11 is 3.40. The first kappa shape index (κ1) is 19.2. The first-order valence-corrected chi connectivity index (χ1v) is 9.68. The molecule has 0 saturated carbocycles. The summed E-state index contributed by atoms with van der Waals surface area (Å²) in [6, 6.07) is 22.3. The number of ether oxygens (including phenoxy) is 2. The van der Waals surface area contributed by atoms with E-state index in [4.69, 9.17) is 14.9 Å². The molecule has 4 atom stereocenters. The van der Waals surface area contributed by atoms with Crippen LogP contribution in [0.3, 0.4) is 0 Å². The van der Waals surface area contributed by atoms with E-state index in [2.05, 4.69) is 34.1 Å². The fourth-order valence-corrected chi connectivity index (χ4v) is 5.02. The zero-order valence-corrected chi connectivity index (χ0v) is 17.0. The molecule has 0 radical (unpaired) electrons. The van der Waals surface area contributed by atoms with Crippen molar-refractivity contribution in [2.75, 3.05) is 0 Å². The van der Waals surface area contributed by atoms with Crippen LogP contribution in [-0.4, -0.2) is 11.7 Å². The predicted molar refractivity (Wildman–Crippen MR) is 106 cm³/mol. The Kier molecular flexibility index (Phi) is 4.24. The Labute approximate surface area is 176 Å². The van der Waals surface area contributed by atoms with Crippen LogP contribution in [0.4, 0.5) is 0 Å². The third-order valence-electron chi connectivity index (χ3n) is 5.80. The average molecular weight is 447 g/mol. The second kappa shape index (κ2) is 6.42. The monoisotopic (exact) mass is 446 g/mol. The molecule has 2 saturated heterocycles. The van der Waals surface area contributed by atoms with Gasteiger partial charge in [-0.15, -0.1) is 0 Å². The third-order valence-corrected chi connectivity index (χ3v) is 6.29. The van der Waals surface area contributed by atoms with Gasteiger partial charge in [0.15, 0.2) is 5.41 Å². The fraction of sp³-hybridized carbons (Fsp3) is 0.273. The van der Waals surface area contributed by atoms with Crippen molar-refractivity contribution >= 4 is 21.8 Å². The summed E-state index contributed by atoms with van der Waals surface area (Å²) in [7, 11) is 0. The molecule has 2 aromatic carbocycles. The van der Waals surface area contributed by atoms with Crippen molar-refractivity contribution in [3.8, 4) is 18.2 Å².